The van der Waals surface area contributed by atoms with Gasteiger partial charge in [-0.1, -0.05) is 27.2 Å². The third kappa shape index (κ3) is 2.98. The minimum Gasteiger partial charge on any atom is -0.374 e. The summed E-state index contributed by atoms with van der Waals surface area (Å²) >= 11 is 0. The maximum absolute atomic E-state index is 5.89. The third-order valence-corrected chi connectivity index (χ3v) is 4.74. The van der Waals surface area contributed by atoms with E-state index in [-0.39, 0.29) is 5.60 Å². The van der Waals surface area contributed by atoms with E-state index >= 15 is 0 Å². The maximum atomic E-state index is 5.89. The molecule has 0 bridgehead atoms. The lowest BCUT2D eigenvalue weighted by Crippen LogP contribution is -2.45. The van der Waals surface area contributed by atoms with Crippen LogP contribution in [0.2, 0.25) is 0 Å². The van der Waals surface area contributed by atoms with Gasteiger partial charge in [0.25, 0.3) is 0 Å². The first-order valence-corrected chi connectivity index (χ1v) is 6.83. The summed E-state index contributed by atoms with van der Waals surface area (Å²) in [4.78, 5) is 0. The van der Waals surface area contributed by atoms with Crippen LogP contribution in [-0.2, 0) is 4.74 Å². The SMILES string of the molecule is CCOC1(CN)CCC(C(C)(C)CC)CC1. The van der Waals surface area contributed by atoms with Crippen molar-refractivity contribution in [1.82, 2.24) is 0 Å². The highest BCUT2D eigenvalue weighted by atomic mass is 16.5. The molecule has 16 heavy (non-hydrogen) atoms. The Balaban J connectivity index is 2.55. The number of ether oxygens (including phenoxy) is 1. The predicted molar refractivity (Wildman–Crippen MR) is 69.4 cm³/mol. The van der Waals surface area contributed by atoms with Crippen molar-refractivity contribution in [2.45, 2.75) is 65.4 Å². The second kappa shape index (κ2) is 5.50. The van der Waals surface area contributed by atoms with E-state index in [1.54, 1.807) is 0 Å². The molecule has 96 valence electrons. The smallest absolute Gasteiger partial charge is 0.0804 e. The van der Waals surface area contributed by atoms with Crippen molar-refractivity contribution in [1.29, 1.82) is 0 Å². The Morgan fingerprint density at radius 1 is 1.25 bits per heavy atom. The van der Waals surface area contributed by atoms with Gasteiger partial charge in [0.15, 0.2) is 0 Å². The van der Waals surface area contributed by atoms with Crippen LogP contribution in [0.1, 0.15) is 59.8 Å². The molecule has 0 heterocycles. The van der Waals surface area contributed by atoms with E-state index < -0.39 is 0 Å². The van der Waals surface area contributed by atoms with Gasteiger partial charge in [-0.15, -0.1) is 0 Å². The summed E-state index contributed by atoms with van der Waals surface area (Å²) in [6.07, 6.45) is 6.11. The van der Waals surface area contributed by atoms with E-state index in [1.165, 1.54) is 19.3 Å². The molecule has 0 aromatic rings. The molecule has 0 aromatic carbocycles. The van der Waals surface area contributed by atoms with Gasteiger partial charge in [0.2, 0.25) is 0 Å². The summed E-state index contributed by atoms with van der Waals surface area (Å²) in [5, 5.41) is 0. The van der Waals surface area contributed by atoms with Gasteiger partial charge in [0, 0.05) is 13.2 Å². The van der Waals surface area contributed by atoms with Crippen LogP contribution in [-0.4, -0.2) is 18.8 Å². The lowest BCUT2D eigenvalue weighted by Gasteiger charge is -2.44. The Bertz CT molecular complexity index is 205. The molecule has 1 aliphatic carbocycles. The Morgan fingerprint density at radius 2 is 1.81 bits per heavy atom. The molecule has 0 radical (unpaired) electrons. The van der Waals surface area contributed by atoms with Crippen molar-refractivity contribution in [2.75, 3.05) is 13.2 Å². The zero-order chi connectivity index (χ0) is 12.2. The molecule has 0 saturated heterocycles. The lowest BCUT2D eigenvalue weighted by molar-refractivity contribution is -0.0762. The number of rotatable bonds is 5. The molecular weight excluding hydrogens is 198 g/mol. The summed E-state index contributed by atoms with van der Waals surface area (Å²) in [5.74, 6) is 0.845. The third-order valence-electron chi connectivity index (χ3n) is 4.74. The number of hydrogen-bond acceptors (Lipinski definition) is 2. The molecule has 1 rings (SSSR count). The van der Waals surface area contributed by atoms with E-state index in [4.69, 9.17) is 10.5 Å². The molecule has 0 amide bonds. The highest BCUT2D eigenvalue weighted by molar-refractivity contribution is 4.92. The van der Waals surface area contributed by atoms with Gasteiger partial charge >= 0.3 is 0 Å². The van der Waals surface area contributed by atoms with Crippen LogP contribution in [0.25, 0.3) is 0 Å². The summed E-state index contributed by atoms with van der Waals surface area (Å²) in [5.41, 5.74) is 6.36. The van der Waals surface area contributed by atoms with Crippen molar-refractivity contribution in [3.8, 4) is 0 Å². The molecule has 0 spiro atoms. The monoisotopic (exact) mass is 227 g/mol. The Labute approximate surface area is 101 Å². The van der Waals surface area contributed by atoms with Crippen LogP contribution in [0.15, 0.2) is 0 Å². The standard InChI is InChI=1S/C14H29NO/c1-5-13(3,4)12-7-9-14(11-15,10-8-12)16-6-2/h12H,5-11,15H2,1-4H3. The molecule has 2 N–H and O–H groups in total. The average Bonchev–Trinajstić information content (AvgIpc) is 2.30. The van der Waals surface area contributed by atoms with E-state index in [9.17, 15) is 0 Å². The predicted octanol–water partition coefficient (Wildman–Crippen LogP) is 3.35. The van der Waals surface area contributed by atoms with Gasteiger partial charge in [-0.05, 0) is 43.9 Å². The zero-order valence-electron chi connectivity index (χ0n) is 11.5. The van der Waals surface area contributed by atoms with Gasteiger partial charge in [-0.2, -0.15) is 0 Å². The number of hydrogen-bond donors (Lipinski definition) is 1. The quantitative estimate of drug-likeness (QED) is 0.781. The molecule has 1 fully saturated rings. The van der Waals surface area contributed by atoms with Crippen molar-refractivity contribution >= 4 is 0 Å². The number of nitrogens with two attached hydrogens (primary N) is 1. The van der Waals surface area contributed by atoms with Crippen molar-refractivity contribution in [3.05, 3.63) is 0 Å². The summed E-state index contributed by atoms with van der Waals surface area (Å²) < 4.78 is 5.89. The van der Waals surface area contributed by atoms with E-state index in [0.29, 0.717) is 12.0 Å². The normalized spacial score (nSPS) is 31.7. The van der Waals surface area contributed by atoms with Crippen LogP contribution in [0.4, 0.5) is 0 Å². The van der Waals surface area contributed by atoms with Crippen LogP contribution >= 0.6 is 0 Å². The van der Waals surface area contributed by atoms with Crippen molar-refractivity contribution in [3.63, 3.8) is 0 Å². The fraction of sp³-hybridized carbons (Fsp3) is 1.00. The van der Waals surface area contributed by atoms with E-state index in [2.05, 4.69) is 27.7 Å². The summed E-state index contributed by atoms with van der Waals surface area (Å²) in [7, 11) is 0. The molecule has 0 unspecified atom stereocenters. The van der Waals surface area contributed by atoms with Crippen LogP contribution in [0.5, 0.6) is 0 Å². The van der Waals surface area contributed by atoms with Gasteiger partial charge in [-0.25, -0.2) is 0 Å². The fourth-order valence-electron chi connectivity index (χ4n) is 2.93. The first kappa shape index (κ1) is 14.0. The van der Waals surface area contributed by atoms with Crippen molar-refractivity contribution < 1.29 is 4.74 Å². The Kier molecular flexibility index (Phi) is 4.81. The highest BCUT2D eigenvalue weighted by Crippen LogP contribution is 2.44. The Morgan fingerprint density at radius 3 is 2.19 bits per heavy atom. The second-order valence-corrected chi connectivity index (χ2v) is 5.94. The van der Waals surface area contributed by atoms with Crippen LogP contribution in [0.3, 0.4) is 0 Å². The van der Waals surface area contributed by atoms with Crippen LogP contribution < -0.4 is 5.73 Å². The van der Waals surface area contributed by atoms with Gasteiger partial charge in [0.05, 0.1) is 5.60 Å². The first-order chi connectivity index (χ1) is 7.49. The topological polar surface area (TPSA) is 35.2 Å². The molecule has 2 nitrogen and oxygen atoms in total. The zero-order valence-corrected chi connectivity index (χ0v) is 11.5. The second-order valence-electron chi connectivity index (χ2n) is 5.94. The first-order valence-electron chi connectivity index (χ1n) is 6.83. The molecule has 2 heteroatoms. The molecule has 1 saturated carbocycles. The minimum absolute atomic E-state index is 0.00489. The molecule has 0 aliphatic heterocycles. The van der Waals surface area contributed by atoms with Crippen molar-refractivity contribution in [2.24, 2.45) is 17.1 Å². The molecule has 0 aromatic heterocycles. The lowest BCUT2D eigenvalue weighted by atomic mass is 9.66. The fourth-order valence-corrected chi connectivity index (χ4v) is 2.93. The highest BCUT2D eigenvalue weighted by Gasteiger charge is 2.39. The maximum Gasteiger partial charge on any atom is 0.0804 e. The average molecular weight is 227 g/mol. The van der Waals surface area contributed by atoms with Gasteiger partial charge in [0.1, 0.15) is 0 Å². The minimum atomic E-state index is -0.00489. The van der Waals surface area contributed by atoms with E-state index in [0.717, 1.165) is 25.4 Å². The largest absolute Gasteiger partial charge is 0.374 e. The van der Waals surface area contributed by atoms with Gasteiger partial charge < -0.3 is 10.5 Å². The summed E-state index contributed by atoms with van der Waals surface area (Å²) in [6, 6.07) is 0. The molecule has 1 aliphatic rings. The van der Waals surface area contributed by atoms with Gasteiger partial charge in [-0.3, -0.25) is 0 Å². The Hall–Kier alpha value is -0.0800. The molecule has 0 atom stereocenters. The van der Waals surface area contributed by atoms with E-state index in [1.807, 2.05) is 0 Å². The summed E-state index contributed by atoms with van der Waals surface area (Å²) in [6.45, 7) is 10.6. The molecular formula is C14H29NO. The van der Waals surface area contributed by atoms with Crippen LogP contribution in [0, 0.1) is 11.3 Å².